The highest BCUT2D eigenvalue weighted by molar-refractivity contribution is 8.09. The Morgan fingerprint density at radius 1 is 1.23 bits per heavy atom. The fraction of sp³-hybridized carbons (Fsp3) is 0.583. The van der Waals surface area contributed by atoms with Gasteiger partial charge in [-0.1, -0.05) is 0 Å². The molecule has 0 atom stereocenters. The molecular weight excluding hydrogens is 325 g/mol. The van der Waals surface area contributed by atoms with E-state index in [-0.39, 0.29) is 6.35 Å². The third-order valence-electron chi connectivity index (χ3n) is 2.81. The molecule has 2 aromatic rings. The quantitative estimate of drug-likeness (QED) is 0.542. The Balaban J connectivity index is 1.90. The predicted molar refractivity (Wildman–Crippen MR) is 88.1 cm³/mol. The van der Waals surface area contributed by atoms with Gasteiger partial charge in [0.05, 0.1) is 26.1 Å². The van der Waals surface area contributed by atoms with E-state index in [0.29, 0.717) is 43.3 Å². The molecule has 0 unspecified atom stereocenters. The van der Waals surface area contributed by atoms with Crippen LogP contribution < -0.4 is 5.73 Å². The molecule has 2 heterocycles. The first kappa shape index (κ1) is 17.2. The average molecular weight is 345 g/mol. The van der Waals surface area contributed by atoms with Crippen LogP contribution in [0.25, 0.3) is 11.2 Å². The lowest BCUT2D eigenvalue weighted by Crippen LogP contribution is -2.09. The zero-order chi connectivity index (χ0) is 16.0. The van der Waals surface area contributed by atoms with Crippen molar-refractivity contribution in [3.05, 3.63) is 12.7 Å². The number of aromatic nitrogens is 4. The molecule has 0 fully saturated rings. The highest BCUT2D eigenvalue weighted by atomic mass is 32.5. The second-order valence-corrected chi connectivity index (χ2v) is 8.02. The number of imidazole rings is 1. The minimum atomic E-state index is -2.34. The molecule has 0 amide bonds. The number of nitrogen functional groups attached to an aromatic ring is 1. The molecule has 122 valence electrons. The summed E-state index contributed by atoms with van der Waals surface area (Å²) in [5.74, 6) is 0.368. The van der Waals surface area contributed by atoms with Crippen LogP contribution in [0.2, 0.25) is 0 Å². The number of hydrogen-bond donors (Lipinski definition) is 1. The molecule has 0 aromatic carbocycles. The Labute approximate surface area is 134 Å². The van der Waals surface area contributed by atoms with Crippen LogP contribution in [0.15, 0.2) is 12.7 Å². The third-order valence-corrected chi connectivity index (χ3v) is 5.56. The minimum absolute atomic E-state index is 0.285. The summed E-state index contributed by atoms with van der Waals surface area (Å²) in [7, 11) is 0. The Hall–Kier alpha value is -1.12. The van der Waals surface area contributed by atoms with Gasteiger partial charge in [-0.2, -0.15) is 0 Å². The molecule has 0 radical (unpaired) electrons. The van der Waals surface area contributed by atoms with Crippen LogP contribution in [0, 0.1) is 0 Å². The molecule has 2 aromatic heterocycles. The average Bonchev–Trinajstić information content (AvgIpc) is 2.89. The molecule has 22 heavy (non-hydrogen) atoms. The first-order valence-electron chi connectivity index (χ1n) is 6.96. The van der Waals surface area contributed by atoms with Gasteiger partial charge in [0, 0.05) is 6.54 Å². The topological polar surface area (TPSA) is 97.3 Å². The Bertz CT molecular complexity index is 655. The van der Waals surface area contributed by atoms with E-state index in [4.69, 9.17) is 31.3 Å². The van der Waals surface area contributed by atoms with E-state index in [1.54, 1.807) is 6.33 Å². The van der Waals surface area contributed by atoms with E-state index >= 15 is 0 Å². The van der Waals surface area contributed by atoms with Gasteiger partial charge in [-0.05, 0) is 25.7 Å². The normalized spacial score (nSPS) is 12.1. The lowest BCUT2D eigenvalue weighted by molar-refractivity contribution is 0.144. The summed E-state index contributed by atoms with van der Waals surface area (Å²) < 4.78 is 18.5. The molecule has 0 saturated heterocycles. The molecule has 10 heteroatoms. The first-order chi connectivity index (χ1) is 10.6. The Kier molecular flexibility index (Phi) is 6.22. The molecule has 0 saturated carbocycles. The fourth-order valence-corrected chi connectivity index (χ4v) is 4.13. The zero-order valence-electron chi connectivity index (χ0n) is 12.6. The number of hydrogen-bond acceptors (Lipinski definition) is 8. The Morgan fingerprint density at radius 3 is 2.64 bits per heavy atom. The molecule has 0 aliphatic carbocycles. The molecule has 0 bridgehead atoms. The molecule has 2 rings (SSSR count). The van der Waals surface area contributed by atoms with Crippen LogP contribution in [-0.2, 0) is 32.1 Å². The number of anilines is 1. The number of nitrogens with zero attached hydrogens (tertiary/aromatic N) is 4. The maximum Gasteiger partial charge on any atom is 0.214 e. The summed E-state index contributed by atoms with van der Waals surface area (Å²) in [6, 6.07) is 0. The summed E-state index contributed by atoms with van der Waals surface area (Å²) in [5.41, 5.74) is 7.03. The van der Waals surface area contributed by atoms with E-state index in [2.05, 4.69) is 15.0 Å². The van der Waals surface area contributed by atoms with Gasteiger partial charge in [-0.3, -0.25) is 0 Å². The molecular formula is C12H20N5O3PS. The summed E-state index contributed by atoms with van der Waals surface area (Å²) >= 11 is 5.39. The van der Waals surface area contributed by atoms with Crippen LogP contribution in [0.3, 0.4) is 0 Å². The van der Waals surface area contributed by atoms with E-state index in [9.17, 15) is 0 Å². The summed E-state index contributed by atoms with van der Waals surface area (Å²) in [6.07, 6.45) is 3.37. The van der Waals surface area contributed by atoms with Gasteiger partial charge in [-0.25, -0.2) is 15.0 Å². The van der Waals surface area contributed by atoms with Crippen molar-refractivity contribution in [3.63, 3.8) is 0 Å². The molecule has 0 spiro atoms. The van der Waals surface area contributed by atoms with Crippen LogP contribution in [0.1, 0.15) is 13.8 Å². The first-order valence-corrected chi connectivity index (χ1v) is 9.79. The van der Waals surface area contributed by atoms with Gasteiger partial charge < -0.3 is 24.1 Å². The van der Waals surface area contributed by atoms with Gasteiger partial charge in [0.15, 0.2) is 11.5 Å². The Morgan fingerprint density at radius 2 is 1.95 bits per heavy atom. The van der Waals surface area contributed by atoms with Crippen molar-refractivity contribution in [2.75, 3.05) is 31.9 Å². The highest BCUT2D eigenvalue weighted by Gasteiger charge is 2.18. The van der Waals surface area contributed by atoms with E-state index < -0.39 is 6.49 Å². The largest absolute Gasteiger partial charge is 0.382 e. The fourth-order valence-electron chi connectivity index (χ4n) is 1.91. The maximum absolute atomic E-state index is 5.75. The van der Waals surface area contributed by atoms with Crippen molar-refractivity contribution in [2.45, 2.75) is 20.4 Å². The number of fused-ring (bicyclic) bond motifs is 1. The summed E-state index contributed by atoms with van der Waals surface area (Å²) in [5, 5.41) is 0. The number of nitrogens with two attached hydrogens (primary N) is 1. The van der Waals surface area contributed by atoms with Crippen molar-refractivity contribution in [3.8, 4) is 0 Å². The van der Waals surface area contributed by atoms with Crippen molar-refractivity contribution in [1.29, 1.82) is 0 Å². The number of rotatable bonds is 9. The summed E-state index contributed by atoms with van der Waals surface area (Å²) in [4.78, 5) is 12.3. The van der Waals surface area contributed by atoms with Gasteiger partial charge in [0.2, 0.25) is 6.49 Å². The van der Waals surface area contributed by atoms with E-state index in [1.807, 2.05) is 18.4 Å². The monoisotopic (exact) mass is 345 g/mol. The second-order valence-electron chi connectivity index (χ2n) is 4.35. The number of ether oxygens (including phenoxy) is 1. The van der Waals surface area contributed by atoms with E-state index in [1.165, 1.54) is 6.33 Å². The smallest absolute Gasteiger partial charge is 0.214 e. The van der Waals surface area contributed by atoms with Crippen LogP contribution in [-0.4, -0.2) is 45.7 Å². The summed E-state index contributed by atoms with van der Waals surface area (Å²) in [6.45, 7) is 3.51. The van der Waals surface area contributed by atoms with Crippen molar-refractivity contribution in [1.82, 2.24) is 19.5 Å². The molecule has 2 N–H and O–H groups in total. The molecule has 0 aliphatic rings. The van der Waals surface area contributed by atoms with Crippen LogP contribution in [0.4, 0.5) is 5.82 Å². The van der Waals surface area contributed by atoms with Crippen LogP contribution >= 0.6 is 6.49 Å². The SMILES string of the molecule is CCOP(=S)(COCCn1cnc2c(N)ncnc21)OCC. The van der Waals surface area contributed by atoms with E-state index in [0.717, 1.165) is 0 Å². The minimum Gasteiger partial charge on any atom is -0.382 e. The zero-order valence-corrected chi connectivity index (χ0v) is 14.3. The van der Waals surface area contributed by atoms with Crippen molar-refractivity contribution >= 4 is 35.3 Å². The van der Waals surface area contributed by atoms with Crippen LogP contribution in [0.5, 0.6) is 0 Å². The molecule has 8 nitrogen and oxygen atoms in total. The lowest BCUT2D eigenvalue weighted by Gasteiger charge is -2.20. The van der Waals surface area contributed by atoms with Crippen molar-refractivity contribution < 1.29 is 13.8 Å². The highest BCUT2D eigenvalue weighted by Crippen LogP contribution is 2.48. The lowest BCUT2D eigenvalue weighted by atomic mass is 10.5. The van der Waals surface area contributed by atoms with Crippen molar-refractivity contribution in [2.24, 2.45) is 0 Å². The molecule has 0 aliphatic heterocycles. The second kappa shape index (κ2) is 7.94. The predicted octanol–water partition coefficient (Wildman–Crippen LogP) is 1.77. The van der Waals surface area contributed by atoms with Gasteiger partial charge in [0.1, 0.15) is 18.2 Å². The van der Waals surface area contributed by atoms with Gasteiger partial charge >= 0.3 is 0 Å². The standard InChI is InChI=1S/C12H20N5O3PS/c1-3-19-21(22,20-4-2)9-18-6-5-17-8-16-10-11(13)14-7-15-12(10)17/h7-8H,3-6,9H2,1-2H3,(H2,13,14,15). The maximum atomic E-state index is 5.75. The third kappa shape index (κ3) is 4.21. The van der Waals surface area contributed by atoms with Gasteiger partial charge in [0.25, 0.3) is 0 Å². The van der Waals surface area contributed by atoms with Gasteiger partial charge in [-0.15, -0.1) is 0 Å².